The second-order valence-electron chi connectivity index (χ2n) is 13.1. The summed E-state index contributed by atoms with van der Waals surface area (Å²) in [6.45, 7) is 0. The lowest BCUT2D eigenvalue weighted by Crippen LogP contribution is -1.97. The number of hydrogen-bond acceptors (Lipinski definition) is 2. The number of benzene rings is 7. The summed E-state index contributed by atoms with van der Waals surface area (Å²) in [5, 5.41) is 1.23. The first-order valence-corrected chi connectivity index (χ1v) is 17.6. The van der Waals surface area contributed by atoms with Crippen molar-refractivity contribution in [3.05, 3.63) is 194 Å². The van der Waals surface area contributed by atoms with Gasteiger partial charge in [-0.1, -0.05) is 158 Å². The Morgan fingerprint density at radius 2 is 0.808 bits per heavy atom. The normalized spacial score (nSPS) is 11.5. The molecule has 0 saturated carbocycles. The second kappa shape index (κ2) is 12.4. The number of hydrogen-bond donors (Lipinski definition) is 0. The van der Waals surface area contributed by atoms with Crippen molar-refractivity contribution in [2.24, 2.45) is 0 Å². The first kappa shape index (κ1) is 29.8. The van der Waals surface area contributed by atoms with Crippen LogP contribution in [0.1, 0.15) is 0 Å². The van der Waals surface area contributed by atoms with E-state index < -0.39 is 0 Å². The van der Waals surface area contributed by atoms with E-state index in [2.05, 4.69) is 167 Å². The summed E-state index contributed by atoms with van der Waals surface area (Å²) < 4.78 is 4.83. The summed E-state index contributed by atoms with van der Waals surface area (Å²) >= 11 is 0. The standard InChI is InChI=1S/C48H32N4/c1-4-14-33(15-5-1)34-24-26-37(27-25-34)46-40-20-10-11-21-43(40)52-45-23-13-12-22-44(45)51(48(46)52)39-30-28-36(29-31-39)42-32-41(35-16-6-2-7-17-35)49-47(50-42)38-18-8-3-9-19-38/h1-32H. The summed E-state index contributed by atoms with van der Waals surface area (Å²) in [6.07, 6.45) is 0. The van der Waals surface area contributed by atoms with Crippen molar-refractivity contribution in [1.29, 1.82) is 0 Å². The van der Waals surface area contributed by atoms with E-state index in [0.29, 0.717) is 5.82 Å². The minimum Gasteiger partial charge on any atom is -0.293 e. The Kier molecular flexibility index (Phi) is 7.10. The molecule has 0 aliphatic rings. The van der Waals surface area contributed by atoms with E-state index >= 15 is 0 Å². The maximum absolute atomic E-state index is 5.08. The van der Waals surface area contributed by atoms with Gasteiger partial charge in [-0.3, -0.25) is 8.97 Å². The Labute approximate surface area is 301 Å². The molecule has 4 nitrogen and oxygen atoms in total. The average molecular weight is 665 g/mol. The highest BCUT2D eigenvalue weighted by Gasteiger charge is 2.22. The van der Waals surface area contributed by atoms with Gasteiger partial charge in [0.25, 0.3) is 0 Å². The maximum atomic E-state index is 5.08. The quantitative estimate of drug-likeness (QED) is 0.177. The molecule has 10 rings (SSSR count). The molecule has 0 N–H and O–H groups in total. The van der Waals surface area contributed by atoms with Crippen LogP contribution < -0.4 is 0 Å². The fourth-order valence-electron chi connectivity index (χ4n) is 7.49. The van der Waals surface area contributed by atoms with E-state index in [1.807, 2.05) is 36.4 Å². The smallest absolute Gasteiger partial charge is 0.160 e. The number of aromatic nitrogens is 4. The van der Waals surface area contributed by atoms with Crippen molar-refractivity contribution in [2.75, 3.05) is 0 Å². The molecule has 0 spiro atoms. The fourth-order valence-corrected chi connectivity index (χ4v) is 7.49. The van der Waals surface area contributed by atoms with Gasteiger partial charge in [0.2, 0.25) is 0 Å². The summed E-state index contributed by atoms with van der Waals surface area (Å²) in [5.74, 6) is 0.710. The van der Waals surface area contributed by atoms with Crippen LogP contribution >= 0.6 is 0 Å². The van der Waals surface area contributed by atoms with Crippen LogP contribution in [-0.2, 0) is 0 Å². The molecule has 0 saturated heterocycles. The van der Waals surface area contributed by atoms with E-state index in [-0.39, 0.29) is 0 Å². The number of nitrogens with zero attached hydrogens (tertiary/aromatic N) is 4. The van der Waals surface area contributed by atoms with Gasteiger partial charge in [0.15, 0.2) is 5.82 Å². The van der Waals surface area contributed by atoms with Crippen LogP contribution in [0, 0.1) is 0 Å². The molecule has 0 unspecified atom stereocenters. The van der Waals surface area contributed by atoms with Crippen molar-refractivity contribution >= 4 is 27.6 Å². The summed E-state index contributed by atoms with van der Waals surface area (Å²) in [4.78, 5) is 10.1. The average Bonchev–Trinajstić information content (AvgIpc) is 3.74. The van der Waals surface area contributed by atoms with Gasteiger partial charge in [-0.25, -0.2) is 9.97 Å². The van der Waals surface area contributed by atoms with Gasteiger partial charge in [0.05, 0.1) is 27.9 Å². The highest BCUT2D eigenvalue weighted by molar-refractivity contribution is 6.09. The van der Waals surface area contributed by atoms with Crippen LogP contribution in [0.4, 0.5) is 0 Å². The Hall–Kier alpha value is -7.04. The van der Waals surface area contributed by atoms with Crippen molar-refractivity contribution in [3.63, 3.8) is 0 Å². The van der Waals surface area contributed by atoms with Gasteiger partial charge in [-0.05, 0) is 53.1 Å². The Morgan fingerprint density at radius 1 is 0.346 bits per heavy atom. The lowest BCUT2D eigenvalue weighted by molar-refractivity contribution is 1.14. The highest BCUT2D eigenvalue weighted by Crippen LogP contribution is 2.41. The molecular weight excluding hydrogens is 633 g/mol. The van der Waals surface area contributed by atoms with E-state index in [0.717, 1.165) is 44.9 Å². The van der Waals surface area contributed by atoms with Gasteiger partial charge in [-0.2, -0.15) is 0 Å². The van der Waals surface area contributed by atoms with Gasteiger partial charge in [0.1, 0.15) is 5.65 Å². The lowest BCUT2D eigenvalue weighted by atomic mass is 9.99. The highest BCUT2D eigenvalue weighted by atomic mass is 15.1. The van der Waals surface area contributed by atoms with Crippen molar-refractivity contribution in [2.45, 2.75) is 0 Å². The minimum atomic E-state index is 0.710. The number of rotatable bonds is 6. The molecule has 244 valence electrons. The molecule has 0 atom stereocenters. The predicted octanol–water partition coefficient (Wildman–Crippen LogP) is 12.2. The summed E-state index contributed by atoms with van der Waals surface area (Å²) in [7, 11) is 0. The van der Waals surface area contributed by atoms with Crippen LogP contribution in [0.15, 0.2) is 194 Å². The number of fused-ring (bicyclic) bond motifs is 5. The SMILES string of the molecule is c1ccc(-c2ccc(-c3c4ccccc4n4c5ccccc5n(-c5ccc(-c6cc(-c7ccccc7)nc(-c7ccccc7)n6)cc5)c34)cc2)cc1. The molecule has 0 aliphatic heterocycles. The third-order valence-electron chi connectivity index (χ3n) is 9.95. The molecule has 0 radical (unpaired) electrons. The molecule has 0 aliphatic carbocycles. The third-order valence-corrected chi connectivity index (χ3v) is 9.95. The van der Waals surface area contributed by atoms with Crippen LogP contribution in [0.25, 0.3) is 89.4 Å². The zero-order valence-corrected chi connectivity index (χ0v) is 28.3. The van der Waals surface area contributed by atoms with Gasteiger partial charge >= 0.3 is 0 Å². The van der Waals surface area contributed by atoms with Crippen LogP contribution in [0.2, 0.25) is 0 Å². The topological polar surface area (TPSA) is 35.1 Å². The van der Waals surface area contributed by atoms with Gasteiger partial charge in [-0.15, -0.1) is 0 Å². The minimum absolute atomic E-state index is 0.710. The molecular formula is C48H32N4. The predicted molar refractivity (Wildman–Crippen MR) is 215 cm³/mol. The zero-order valence-electron chi connectivity index (χ0n) is 28.3. The van der Waals surface area contributed by atoms with Gasteiger partial charge < -0.3 is 0 Å². The Bertz CT molecular complexity index is 2790. The Morgan fingerprint density at radius 3 is 1.46 bits per heavy atom. The third kappa shape index (κ3) is 5.00. The van der Waals surface area contributed by atoms with E-state index in [1.54, 1.807) is 0 Å². The maximum Gasteiger partial charge on any atom is 0.160 e. The molecule has 10 aromatic rings. The van der Waals surface area contributed by atoms with Crippen LogP contribution in [0.5, 0.6) is 0 Å². The number of imidazole rings is 1. The van der Waals surface area contributed by atoms with Crippen molar-refractivity contribution in [3.8, 4) is 61.8 Å². The monoisotopic (exact) mass is 664 g/mol. The fraction of sp³-hybridized carbons (Fsp3) is 0. The van der Waals surface area contributed by atoms with Crippen molar-refractivity contribution < 1.29 is 0 Å². The second-order valence-corrected chi connectivity index (χ2v) is 13.1. The molecule has 0 fully saturated rings. The van der Waals surface area contributed by atoms with E-state index in [4.69, 9.17) is 9.97 Å². The van der Waals surface area contributed by atoms with Crippen molar-refractivity contribution in [1.82, 2.24) is 18.9 Å². The molecule has 0 amide bonds. The molecule has 7 aromatic carbocycles. The largest absolute Gasteiger partial charge is 0.293 e. The molecule has 0 bridgehead atoms. The Balaban J connectivity index is 1.15. The van der Waals surface area contributed by atoms with E-state index in [1.165, 1.54) is 38.7 Å². The summed E-state index contributed by atoms with van der Waals surface area (Å²) in [6, 6.07) is 68.4. The molecule has 52 heavy (non-hydrogen) atoms. The number of para-hydroxylation sites is 3. The van der Waals surface area contributed by atoms with E-state index in [9.17, 15) is 0 Å². The van der Waals surface area contributed by atoms with Crippen LogP contribution in [-0.4, -0.2) is 18.9 Å². The first-order valence-electron chi connectivity index (χ1n) is 17.6. The molecule has 4 heteroatoms. The van der Waals surface area contributed by atoms with Gasteiger partial charge in [0, 0.05) is 33.3 Å². The molecule has 3 aromatic heterocycles. The summed E-state index contributed by atoms with van der Waals surface area (Å²) in [5.41, 5.74) is 15.4. The first-order chi connectivity index (χ1) is 25.8. The zero-order chi connectivity index (χ0) is 34.4. The lowest BCUT2D eigenvalue weighted by Gasteiger charge is -2.12. The van der Waals surface area contributed by atoms with Crippen LogP contribution in [0.3, 0.4) is 0 Å². The molecule has 3 heterocycles.